The van der Waals surface area contributed by atoms with Crippen LogP contribution in [0, 0.1) is 0 Å². The highest BCUT2D eigenvalue weighted by Gasteiger charge is 2.31. The van der Waals surface area contributed by atoms with Crippen molar-refractivity contribution in [3.63, 3.8) is 0 Å². The number of amides is 2. The lowest BCUT2D eigenvalue weighted by molar-refractivity contribution is 0.0131. The summed E-state index contributed by atoms with van der Waals surface area (Å²) in [5.74, 6) is -0.0803. The Bertz CT molecular complexity index is 1360. The minimum Gasteiger partial charge on any atom is -0.444 e. The van der Waals surface area contributed by atoms with Crippen LogP contribution in [0.2, 0.25) is 5.02 Å². The number of ether oxygens (including phenoxy) is 1. The van der Waals surface area contributed by atoms with Gasteiger partial charge in [-0.3, -0.25) is 9.78 Å². The van der Waals surface area contributed by atoms with Gasteiger partial charge >= 0.3 is 6.09 Å². The summed E-state index contributed by atoms with van der Waals surface area (Å²) in [6.07, 6.45) is 3.14. The number of rotatable bonds is 4. The van der Waals surface area contributed by atoms with Gasteiger partial charge in [0.15, 0.2) is 0 Å². The maximum Gasteiger partial charge on any atom is 0.410 e. The van der Waals surface area contributed by atoms with Crippen molar-refractivity contribution in [3.8, 4) is 21.6 Å². The number of thiophene rings is 1. The van der Waals surface area contributed by atoms with E-state index < -0.39 is 5.60 Å². The molecule has 1 aliphatic rings. The SMILES string of the molecule is CN(C(=O)OC(C)(C)C)C1CCCN(C(=O)c2ccc(-c3csc(-c4ccnc(C(C)(C)C)c4)c3)c(Cl)c2)C1. The van der Waals surface area contributed by atoms with Crippen LogP contribution < -0.4 is 0 Å². The molecule has 2 amide bonds. The molecule has 208 valence electrons. The Hall–Kier alpha value is -2.90. The molecule has 1 atom stereocenters. The number of carbonyl (C=O) groups is 2. The summed E-state index contributed by atoms with van der Waals surface area (Å²) in [7, 11) is 1.74. The molecule has 1 saturated heterocycles. The highest BCUT2D eigenvalue weighted by atomic mass is 35.5. The molecule has 3 heterocycles. The van der Waals surface area contributed by atoms with E-state index in [1.807, 2.05) is 45.2 Å². The molecule has 6 nitrogen and oxygen atoms in total. The lowest BCUT2D eigenvalue weighted by Crippen LogP contribution is -2.51. The second kappa shape index (κ2) is 11.3. The largest absolute Gasteiger partial charge is 0.444 e. The van der Waals surface area contributed by atoms with Gasteiger partial charge in [0.25, 0.3) is 5.91 Å². The van der Waals surface area contributed by atoms with E-state index in [0.717, 1.165) is 40.1 Å². The first kappa shape index (κ1) is 29.1. The van der Waals surface area contributed by atoms with Crippen molar-refractivity contribution in [3.05, 3.63) is 64.3 Å². The molecule has 8 heteroatoms. The molecule has 0 aliphatic carbocycles. The first-order valence-corrected chi connectivity index (χ1v) is 14.6. The minimum absolute atomic E-state index is 0.0265. The molecule has 1 unspecified atom stereocenters. The number of nitrogens with zero attached hydrogens (tertiary/aromatic N) is 3. The van der Waals surface area contributed by atoms with E-state index in [9.17, 15) is 9.59 Å². The molecule has 1 fully saturated rings. The van der Waals surface area contributed by atoms with Crippen LogP contribution >= 0.6 is 22.9 Å². The number of pyridine rings is 1. The third-order valence-electron chi connectivity index (χ3n) is 6.85. The first-order chi connectivity index (χ1) is 18.2. The van der Waals surface area contributed by atoms with E-state index in [0.29, 0.717) is 23.7 Å². The van der Waals surface area contributed by atoms with Crippen molar-refractivity contribution in [2.75, 3.05) is 20.1 Å². The highest BCUT2D eigenvalue weighted by molar-refractivity contribution is 7.14. The van der Waals surface area contributed by atoms with Crippen LogP contribution in [0.5, 0.6) is 0 Å². The number of aromatic nitrogens is 1. The molecule has 2 aromatic heterocycles. The van der Waals surface area contributed by atoms with Crippen LogP contribution in [0.3, 0.4) is 0 Å². The predicted octanol–water partition coefficient (Wildman–Crippen LogP) is 7.90. The number of hydrogen-bond acceptors (Lipinski definition) is 5. The highest BCUT2D eigenvalue weighted by Crippen LogP contribution is 2.37. The van der Waals surface area contributed by atoms with Crippen molar-refractivity contribution in [1.29, 1.82) is 0 Å². The fourth-order valence-corrected chi connectivity index (χ4v) is 5.82. The van der Waals surface area contributed by atoms with E-state index in [4.69, 9.17) is 16.3 Å². The summed E-state index contributed by atoms with van der Waals surface area (Å²) >= 11 is 8.39. The molecule has 39 heavy (non-hydrogen) atoms. The molecule has 1 aliphatic heterocycles. The standard InChI is InChI=1S/C31H38ClN3O3S/c1-30(2,3)27-17-20(12-13-33-27)26-16-22(19-39-26)24-11-10-21(15-25(24)32)28(36)35-14-8-9-23(18-35)34(7)29(37)38-31(4,5)6/h10-13,15-17,19,23H,8-9,14,18H2,1-7H3. The summed E-state index contributed by atoms with van der Waals surface area (Å²) in [4.78, 5) is 35.1. The Morgan fingerprint density at radius 3 is 2.49 bits per heavy atom. The van der Waals surface area contributed by atoms with E-state index in [1.165, 1.54) is 0 Å². The quantitative estimate of drug-likeness (QED) is 0.321. The van der Waals surface area contributed by atoms with Gasteiger partial charge in [-0.15, -0.1) is 11.3 Å². The van der Waals surface area contributed by atoms with Gasteiger partial charge in [-0.25, -0.2) is 4.79 Å². The van der Waals surface area contributed by atoms with Gasteiger partial charge in [0.2, 0.25) is 0 Å². The number of hydrogen-bond donors (Lipinski definition) is 0. The number of likely N-dealkylation sites (N-methyl/N-ethyl adjacent to an activating group) is 1. The normalized spacial score (nSPS) is 16.2. The van der Waals surface area contributed by atoms with Crippen molar-refractivity contribution in [1.82, 2.24) is 14.8 Å². The molecule has 0 radical (unpaired) electrons. The molecule has 0 spiro atoms. The second-order valence-electron chi connectivity index (χ2n) is 12.2. The van der Waals surface area contributed by atoms with Gasteiger partial charge in [0.05, 0.1) is 6.04 Å². The lowest BCUT2D eigenvalue weighted by Gasteiger charge is -2.38. The van der Waals surface area contributed by atoms with Crippen LogP contribution in [0.4, 0.5) is 4.79 Å². The average molecular weight is 568 g/mol. The van der Waals surface area contributed by atoms with Crippen molar-refractivity contribution >= 4 is 34.9 Å². The van der Waals surface area contributed by atoms with Gasteiger partial charge in [0, 0.05) is 58.5 Å². The van der Waals surface area contributed by atoms with E-state index in [-0.39, 0.29) is 23.5 Å². The molecule has 0 N–H and O–H groups in total. The zero-order chi connectivity index (χ0) is 28.5. The molecular formula is C31H38ClN3O3S. The minimum atomic E-state index is -0.565. The van der Waals surface area contributed by atoms with Crippen LogP contribution in [-0.2, 0) is 10.2 Å². The average Bonchev–Trinajstić information content (AvgIpc) is 3.36. The Morgan fingerprint density at radius 1 is 1.08 bits per heavy atom. The number of benzene rings is 1. The molecular weight excluding hydrogens is 530 g/mol. The van der Waals surface area contributed by atoms with Gasteiger partial charge in [0.1, 0.15) is 5.60 Å². The predicted molar refractivity (Wildman–Crippen MR) is 160 cm³/mol. The van der Waals surface area contributed by atoms with Crippen molar-refractivity contribution < 1.29 is 14.3 Å². The summed E-state index contributed by atoms with van der Waals surface area (Å²) in [5.41, 5.74) is 4.04. The fraction of sp³-hybridized carbons (Fsp3) is 0.452. The Labute approximate surface area is 240 Å². The van der Waals surface area contributed by atoms with Gasteiger partial charge in [-0.05, 0) is 80.5 Å². The zero-order valence-corrected chi connectivity index (χ0v) is 25.4. The summed E-state index contributed by atoms with van der Waals surface area (Å²) in [5, 5.41) is 2.63. The third-order valence-corrected chi connectivity index (χ3v) is 8.14. The van der Waals surface area contributed by atoms with E-state index in [2.05, 4.69) is 43.3 Å². The van der Waals surface area contributed by atoms with Crippen LogP contribution in [0.1, 0.15) is 70.4 Å². The summed E-state index contributed by atoms with van der Waals surface area (Å²) < 4.78 is 5.52. The molecule has 4 rings (SSSR count). The second-order valence-corrected chi connectivity index (χ2v) is 13.5. The molecule has 0 saturated carbocycles. The molecule has 3 aromatic rings. The summed E-state index contributed by atoms with van der Waals surface area (Å²) in [6.45, 7) is 13.1. The number of halogens is 1. The third kappa shape index (κ3) is 7.00. The Kier molecular flexibility index (Phi) is 8.43. The summed E-state index contributed by atoms with van der Waals surface area (Å²) in [6, 6.07) is 11.7. The molecule has 0 bridgehead atoms. The van der Waals surface area contributed by atoms with E-state index >= 15 is 0 Å². The number of carbonyl (C=O) groups excluding carboxylic acids is 2. The van der Waals surface area contributed by atoms with Gasteiger partial charge < -0.3 is 14.5 Å². The fourth-order valence-electron chi connectivity index (χ4n) is 4.63. The zero-order valence-electron chi connectivity index (χ0n) is 23.9. The maximum atomic E-state index is 13.4. The van der Waals surface area contributed by atoms with Crippen molar-refractivity contribution in [2.24, 2.45) is 0 Å². The van der Waals surface area contributed by atoms with Crippen LogP contribution in [0.15, 0.2) is 48.0 Å². The monoisotopic (exact) mass is 567 g/mol. The number of likely N-dealkylation sites (tertiary alicyclic amines) is 1. The number of piperidine rings is 1. The van der Waals surface area contributed by atoms with Crippen molar-refractivity contribution in [2.45, 2.75) is 71.4 Å². The Morgan fingerprint density at radius 2 is 1.82 bits per heavy atom. The van der Waals surface area contributed by atoms with Gasteiger partial charge in [-0.2, -0.15) is 0 Å². The van der Waals surface area contributed by atoms with Gasteiger partial charge in [-0.1, -0.05) is 38.4 Å². The molecule has 1 aromatic carbocycles. The smallest absolute Gasteiger partial charge is 0.410 e. The first-order valence-electron chi connectivity index (χ1n) is 13.3. The topological polar surface area (TPSA) is 62.7 Å². The van der Waals surface area contributed by atoms with Crippen LogP contribution in [0.25, 0.3) is 21.6 Å². The Balaban J connectivity index is 1.48. The van der Waals surface area contributed by atoms with Crippen LogP contribution in [-0.4, -0.2) is 58.6 Å². The lowest BCUT2D eigenvalue weighted by atomic mass is 9.90. The maximum absolute atomic E-state index is 13.4. The van der Waals surface area contributed by atoms with E-state index in [1.54, 1.807) is 34.3 Å².